The monoisotopic (exact) mass is 191 g/mol. The molecule has 1 heterocycles. The summed E-state index contributed by atoms with van der Waals surface area (Å²) in [6, 6.07) is 3.97. The van der Waals surface area contributed by atoms with Crippen LogP contribution in [0.1, 0.15) is 31.7 Å². The Morgan fingerprint density at radius 1 is 1.57 bits per heavy atom. The number of aliphatic hydroxyl groups is 1. The lowest BCUT2D eigenvalue weighted by Crippen LogP contribution is -2.33. The van der Waals surface area contributed by atoms with E-state index in [1.54, 1.807) is 6.20 Å². The molecule has 1 aliphatic carbocycles. The highest BCUT2D eigenvalue weighted by molar-refractivity contribution is 5.13. The zero-order valence-electron chi connectivity index (χ0n) is 8.61. The van der Waals surface area contributed by atoms with E-state index in [1.807, 2.05) is 18.3 Å². The van der Waals surface area contributed by atoms with Gasteiger partial charge in [0.05, 0.1) is 5.60 Å². The number of nitrogens with zero attached hydrogens (tertiary/aromatic N) is 1. The summed E-state index contributed by atoms with van der Waals surface area (Å²) < 4.78 is 0. The molecule has 0 bridgehead atoms. The maximum absolute atomic E-state index is 10.4. The van der Waals surface area contributed by atoms with Crippen LogP contribution in [0.2, 0.25) is 0 Å². The van der Waals surface area contributed by atoms with Crippen LogP contribution in [0.25, 0.3) is 0 Å². The molecule has 2 rings (SSSR count). The molecule has 1 fully saturated rings. The standard InChI is InChI=1S/C12H17NO/c1-2-12(14,11-5-6-11)8-10-4-3-7-13-9-10/h3-4,7,9,11,14H,2,5-6,8H2,1H3. The summed E-state index contributed by atoms with van der Waals surface area (Å²) >= 11 is 0. The molecule has 0 aromatic carbocycles. The average molecular weight is 191 g/mol. The summed E-state index contributed by atoms with van der Waals surface area (Å²) in [6.45, 7) is 2.06. The van der Waals surface area contributed by atoms with Crippen molar-refractivity contribution in [3.8, 4) is 0 Å². The second-order valence-electron chi connectivity index (χ2n) is 4.27. The van der Waals surface area contributed by atoms with Crippen molar-refractivity contribution in [1.82, 2.24) is 4.98 Å². The smallest absolute Gasteiger partial charge is 0.0713 e. The molecule has 1 N–H and O–H groups in total. The zero-order chi connectivity index (χ0) is 10.0. The van der Waals surface area contributed by atoms with Crippen LogP contribution in [-0.2, 0) is 6.42 Å². The Kier molecular flexibility index (Phi) is 2.55. The van der Waals surface area contributed by atoms with Gasteiger partial charge >= 0.3 is 0 Å². The first-order valence-corrected chi connectivity index (χ1v) is 5.36. The predicted octanol–water partition coefficient (Wildman–Crippen LogP) is 2.18. The van der Waals surface area contributed by atoms with Crippen LogP contribution in [0.15, 0.2) is 24.5 Å². The second-order valence-corrected chi connectivity index (χ2v) is 4.27. The molecule has 0 radical (unpaired) electrons. The largest absolute Gasteiger partial charge is 0.389 e. The predicted molar refractivity (Wildman–Crippen MR) is 55.9 cm³/mol. The Morgan fingerprint density at radius 3 is 2.86 bits per heavy atom. The van der Waals surface area contributed by atoms with E-state index in [4.69, 9.17) is 0 Å². The molecular weight excluding hydrogens is 174 g/mol. The van der Waals surface area contributed by atoms with Crippen LogP contribution in [0.3, 0.4) is 0 Å². The quantitative estimate of drug-likeness (QED) is 0.791. The first-order valence-electron chi connectivity index (χ1n) is 5.36. The first-order chi connectivity index (χ1) is 6.74. The Bertz CT molecular complexity index is 294. The summed E-state index contributed by atoms with van der Waals surface area (Å²) in [5.41, 5.74) is 0.659. The highest BCUT2D eigenvalue weighted by Gasteiger charge is 2.42. The Balaban J connectivity index is 2.08. The first kappa shape index (κ1) is 9.66. The molecule has 2 heteroatoms. The third-order valence-electron chi connectivity index (χ3n) is 3.18. The van der Waals surface area contributed by atoms with Gasteiger partial charge in [0.25, 0.3) is 0 Å². The fraction of sp³-hybridized carbons (Fsp3) is 0.583. The molecular formula is C12H17NO. The number of hydrogen-bond donors (Lipinski definition) is 1. The normalized spacial score (nSPS) is 20.4. The Labute approximate surface area is 85.0 Å². The van der Waals surface area contributed by atoms with Crippen molar-refractivity contribution in [2.24, 2.45) is 5.92 Å². The molecule has 0 aliphatic heterocycles. The van der Waals surface area contributed by atoms with Crippen LogP contribution in [0.5, 0.6) is 0 Å². The van der Waals surface area contributed by atoms with E-state index in [2.05, 4.69) is 11.9 Å². The van der Waals surface area contributed by atoms with Crippen molar-refractivity contribution in [3.05, 3.63) is 30.1 Å². The SMILES string of the molecule is CCC(O)(Cc1cccnc1)C1CC1. The number of hydrogen-bond acceptors (Lipinski definition) is 2. The van der Waals surface area contributed by atoms with Gasteiger partial charge < -0.3 is 5.11 Å². The van der Waals surface area contributed by atoms with Gasteiger partial charge in [-0.3, -0.25) is 4.98 Å². The van der Waals surface area contributed by atoms with Gasteiger partial charge in [0, 0.05) is 18.8 Å². The Morgan fingerprint density at radius 2 is 2.36 bits per heavy atom. The lowest BCUT2D eigenvalue weighted by molar-refractivity contribution is 0.0138. The second kappa shape index (κ2) is 3.70. The van der Waals surface area contributed by atoms with Crippen molar-refractivity contribution in [2.45, 2.75) is 38.2 Å². The van der Waals surface area contributed by atoms with E-state index in [0.29, 0.717) is 5.92 Å². The minimum Gasteiger partial charge on any atom is -0.389 e. The molecule has 1 aromatic rings. The average Bonchev–Trinajstić information content (AvgIpc) is 3.03. The number of rotatable bonds is 4. The minimum absolute atomic E-state index is 0.483. The summed E-state index contributed by atoms with van der Waals surface area (Å²) in [5.74, 6) is 0.521. The van der Waals surface area contributed by atoms with E-state index in [-0.39, 0.29) is 0 Å². The fourth-order valence-corrected chi connectivity index (χ4v) is 2.03. The molecule has 1 aliphatic rings. The molecule has 0 amide bonds. The summed E-state index contributed by atoms with van der Waals surface area (Å²) in [6.07, 6.45) is 7.58. The van der Waals surface area contributed by atoms with Crippen molar-refractivity contribution < 1.29 is 5.11 Å². The maximum atomic E-state index is 10.4. The molecule has 0 saturated heterocycles. The fourth-order valence-electron chi connectivity index (χ4n) is 2.03. The summed E-state index contributed by atoms with van der Waals surface area (Å²) in [5, 5.41) is 10.4. The van der Waals surface area contributed by atoms with Gasteiger partial charge in [-0.1, -0.05) is 13.0 Å². The van der Waals surface area contributed by atoms with Gasteiger partial charge in [-0.25, -0.2) is 0 Å². The third-order valence-corrected chi connectivity index (χ3v) is 3.18. The van der Waals surface area contributed by atoms with Gasteiger partial charge in [0.15, 0.2) is 0 Å². The Hall–Kier alpha value is -0.890. The lowest BCUT2D eigenvalue weighted by atomic mass is 9.88. The third kappa shape index (κ3) is 1.95. The van der Waals surface area contributed by atoms with Crippen molar-refractivity contribution >= 4 is 0 Å². The van der Waals surface area contributed by atoms with E-state index >= 15 is 0 Å². The van der Waals surface area contributed by atoms with Crippen molar-refractivity contribution in [2.75, 3.05) is 0 Å². The van der Waals surface area contributed by atoms with Crippen molar-refractivity contribution in [3.63, 3.8) is 0 Å². The van der Waals surface area contributed by atoms with E-state index < -0.39 is 5.60 Å². The van der Waals surface area contributed by atoms with E-state index in [9.17, 15) is 5.11 Å². The van der Waals surface area contributed by atoms with Crippen LogP contribution in [0.4, 0.5) is 0 Å². The molecule has 1 aromatic heterocycles. The lowest BCUT2D eigenvalue weighted by Gasteiger charge is -2.26. The van der Waals surface area contributed by atoms with Crippen LogP contribution >= 0.6 is 0 Å². The molecule has 2 nitrogen and oxygen atoms in total. The summed E-state index contributed by atoms with van der Waals surface area (Å²) in [7, 11) is 0. The highest BCUT2D eigenvalue weighted by Crippen LogP contribution is 2.43. The van der Waals surface area contributed by atoms with Gasteiger partial charge in [0.2, 0.25) is 0 Å². The highest BCUT2D eigenvalue weighted by atomic mass is 16.3. The van der Waals surface area contributed by atoms with Gasteiger partial charge in [-0.15, -0.1) is 0 Å². The maximum Gasteiger partial charge on any atom is 0.0713 e. The molecule has 14 heavy (non-hydrogen) atoms. The van der Waals surface area contributed by atoms with Gasteiger partial charge in [-0.05, 0) is 36.8 Å². The molecule has 0 spiro atoms. The summed E-state index contributed by atoms with van der Waals surface area (Å²) in [4.78, 5) is 4.07. The van der Waals surface area contributed by atoms with Gasteiger partial charge in [0.1, 0.15) is 0 Å². The van der Waals surface area contributed by atoms with E-state index in [1.165, 1.54) is 12.8 Å². The number of aromatic nitrogens is 1. The molecule has 1 unspecified atom stereocenters. The van der Waals surface area contributed by atoms with Crippen LogP contribution < -0.4 is 0 Å². The molecule has 76 valence electrons. The van der Waals surface area contributed by atoms with Crippen LogP contribution in [0, 0.1) is 5.92 Å². The van der Waals surface area contributed by atoms with Gasteiger partial charge in [-0.2, -0.15) is 0 Å². The molecule has 1 atom stereocenters. The topological polar surface area (TPSA) is 33.1 Å². The minimum atomic E-state index is -0.483. The van der Waals surface area contributed by atoms with Crippen LogP contribution in [-0.4, -0.2) is 15.7 Å². The number of pyridine rings is 1. The van der Waals surface area contributed by atoms with Crippen molar-refractivity contribution in [1.29, 1.82) is 0 Å². The van der Waals surface area contributed by atoms with E-state index in [0.717, 1.165) is 18.4 Å². The zero-order valence-corrected chi connectivity index (χ0v) is 8.61. The molecule has 1 saturated carbocycles.